The second kappa shape index (κ2) is 6.61. The standard InChI is InChI=1S/C19H20N2O5S2/c1-26-16-6-7-19-14(11-16)10-15-13-20(8-9-21(15)19)28(24,25)18-5-3-4-17(12-18)27(2,22)23/h3-7,10-12H,8-9,13H2,1-2H3. The van der Waals surface area contributed by atoms with E-state index in [-0.39, 0.29) is 16.3 Å². The second-order valence-electron chi connectivity index (χ2n) is 6.80. The smallest absolute Gasteiger partial charge is 0.243 e. The van der Waals surface area contributed by atoms with Crippen LogP contribution in [0, 0.1) is 0 Å². The molecule has 0 bridgehead atoms. The van der Waals surface area contributed by atoms with Crippen LogP contribution in [0.15, 0.2) is 58.3 Å². The molecule has 0 unspecified atom stereocenters. The molecular formula is C19H20N2O5S2. The van der Waals surface area contributed by atoms with Crippen molar-refractivity contribution in [2.45, 2.75) is 22.9 Å². The molecule has 9 heteroatoms. The maximum atomic E-state index is 13.1. The molecule has 1 aliphatic heterocycles. The van der Waals surface area contributed by atoms with Gasteiger partial charge in [-0.15, -0.1) is 0 Å². The van der Waals surface area contributed by atoms with E-state index in [2.05, 4.69) is 4.57 Å². The van der Waals surface area contributed by atoms with Gasteiger partial charge in [0.2, 0.25) is 10.0 Å². The van der Waals surface area contributed by atoms with Gasteiger partial charge >= 0.3 is 0 Å². The Morgan fingerprint density at radius 1 is 0.929 bits per heavy atom. The lowest BCUT2D eigenvalue weighted by Crippen LogP contribution is -2.38. The fraction of sp³-hybridized carbons (Fsp3) is 0.263. The molecule has 0 aliphatic carbocycles. The van der Waals surface area contributed by atoms with Crippen LogP contribution in [0.3, 0.4) is 0 Å². The molecule has 0 radical (unpaired) electrons. The van der Waals surface area contributed by atoms with Crippen molar-refractivity contribution >= 4 is 30.8 Å². The summed E-state index contributed by atoms with van der Waals surface area (Å²) in [5, 5.41) is 0.993. The molecule has 1 aromatic heterocycles. The highest BCUT2D eigenvalue weighted by Crippen LogP contribution is 2.30. The van der Waals surface area contributed by atoms with Crippen LogP contribution >= 0.6 is 0 Å². The van der Waals surface area contributed by atoms with Gasteiger partial charge in [-0.05, 0) is 42.5 Å². The third-order valence-corrected chi connectivity index (χ3v) is 7.93. The first-order valence-corrected chi connectivity index (χ1v) is 12.0. The van der Waals surface area contributed by atoms with E-state index in [1.807, 2.05) is 24.3 Å². The molecule has 0 atom stereocenters. The van der Waals surface area contributed by atoms with Crippen molar-refractivity contribution in [2.75, 3.05) is 19.9 Å². The monoisotopic (exact) mass is 420 g/mol. The minimum absolute atomic E-state index is 0.00760. The number of aromatic nitrogens is 1. The molecule has 1 aliphatic rings. The molecule has 148 valence electrons. The molecule has 0 amide bonds. The van der Waals surface area contributed by atoms with Crippen molar-refractivity contribution in [2.24, 2.45) is 0 Å². The highest BCUT2D eigenvalue weighted by Gasteiger charge is 2.30. The maximum absolute atomic E-state index is 13.1. The predicted molar refractivity (Wildman–Crippen MR) is 106 cm³/mol. The molecule has 3 aromatic rings. The number of fused-ring (bicyclic) bond motifs is 3. The molecule has 2 aromatic carbocycles. The zero-order valence-electron chi connectivity index (χ0n) is 15.5. The summed E-state index contributed by atoms with van der Waals surface area (Å²) in [6.45, 7) is 1.06. The van der Waals surface area contributed by atoms with Crippen LogP contribution in [0.5, 0.6) is 5.75 Å². The largest absolute Gasteiger partial charge is 0.497 e. The van der Waals surface area contributed by atoms with Gasteiger partial charge in [0.15, 0.2) is 9.84 Å². The van der Waals surface area contributed by atoms with E-state index < -0.39 is 19.9 Å². The molecule has 7 nitrogen and oxygen atoms in total. The molecule has 0 N–H and O–H groups in total. The van der Waals surface area contributed by atoms with Crippen molar-refractivity contribution < 1.29 is 21.6 Å². The van der Waals surface area contributed by atoms with Gasteiger partial charge in [-0.3, -0.25) is 0 Å². The zero-order valence-corrected chi connectivity index (χ0v) is 17.1. The Morgan fingerprint density at radius 2 is 1.68 bits per heavy atom. The Labute approximate surface area is 164 Å². The van der Waals surface area contributed by atoms with Crippen molar-refractivity contribution in [3.63, 3.8) is 0 Å². The van der Waals surface area contributed by atoms with E-state index >= 15 is 0 Å². The van der Waals surface area contributed by atoms with Gasteiger partial charge in [0.05, 0.1) is 23.4 Å². The molecular weight excluding hydrogens is 400 g/mol. The Balaban J connectivity index is 1.70. The Kier molecular flexibility index (Phi) is 4.48. The molecule has 2 heterocycles. The van der Waals surface area contributed by atoms with Crippen molar-refractivity contribution in [3.8, 4) is 5.75 Å². The molecule has 4 rings (SSSR count). The van der Waals surface area contributed by atoms with Crippen molar-refractivity contribution in [3.05, 3.63) is 54.2 Å². The summed E-state index contributed by atoms with van der Waals surface area (Å²) in [7, 11) is -5.69. The number of rotatable bonds is 4. The Morgan fingerprint density at radius 3 is 2.39 bits per heavy atom. The van der Waals surface area contributed by atoms with Crippen molar-refractivity contribution in [1.82, 2.24) is 8.87 Å². The van der Waals surface area contributed by atoms with E-state index in [4.69, 9.17) is 4.74 Å². The number of ether oxygens (including phenoxy) is 1. The number of nitrogens with zero attached hydrogens (tertiary/aromatic N) is 2. The average molecular weight is 421 g/mol. The zero-order chi connectivity index (χ0) is 20.1. The number of sulfonamides is 1. The minimum Gasteiger partial charge on any atom is -0.497 e. The van der Waals surface area contributed by atoms with Crippen LogP contribution in [-0.2, 0) is 33.0 Å². The summed E-state index contributed by atoms with van der Waals surface area (Å²) < 4.78 is 58.5. The molecule has 28 heavy (non-hydrogen) atoms. The van der Waals surface area contributed by atoms with Gasteiger partial charge in [-0.2, -0.15) is 4.31 Å². The van der Waals surface area contributed by atoms with Crippen LogP contribution in [0.2, 0.25) is 0 Å². The van der Waals surface area contributed by atoms with Gasteiger partial charge in [0.1, 0.15) is 5.75 Å². The molecule has 0 saturated heterocycles. The number of benzene rings is 2. The summed E-state index contributed by atoms with van der Waals surface area (Å²) in [5.74, 6) is 0.748. The summed E-state index contributed by atoms with van der Waals surface area (Å²) >= 11 is 0. The Bertz CT molecular complexity index is 1280. The predicted octanol–water partition coefficient (Wildman–Crippen LogP) is 2.26. The first-order valence-electron chi connectivity index (χ1n) is 8.66. The summed E-state index contributed by atoms with van der Waals surface area (Å²) in [6, 6.07) is 13.2. The number of methoxy groups -OCH3 is 1. The average Bonchev–Trinajstić information content (AvgIpc) is 3.04. The summed E-state index contributed by atoms with van der Waals surface area (Å²) in [5.41, 5.74) is 1.92. The van der Waals surface area contributed by atoms with E-state index in [1.54, 1.807) is 7.11 Å². The van der Waals surface area contributed by atoms with E-state index in [1.165, 1.54) is 28.6 Å². The number of sulfone groups is 1. The highest BCUT2D eigenvalue weighted by molar-refractivity contribution is 7.91. The van der Waals surface area contributed by atoms with Gasteiger partial charge in [-0.25, -0.2) is 16.8 Å². The molecule has 0 saturated carbocycles. The topological polar surface area (TPSA) is 85.7 Å². The molecule has 0 spiro atoms. The number of hydrogen-bond acceptors (Lipinski definition) is 5. The van der Waals surface area contributed by atoms with Gasteiger partial charge in [-0.1, -0.05) is 6.07 Å². The third-order valence-electron chi connectivity index (χ3n) is 4.98. The normalized spacial score (nSPS) is 15.5. The van der Waals surface area contributed by atoms with Gasteiger partial charge in [0, 0.05) is 35.9 Å². The van der Waals surface area contributed by atoms with Crippen LogP contribution in [0.4, 0.5) is 0 Å². The second-order valence-corrected chi connectivity index (χ2v) is 10.8. The minimum atomic E-state index is -3.81. The Hall–Kier alpha value is -2.36. The maximum Gasteiger partial charge on any atom is 0.243 e. The lowest BCUT2D eigenvalue weighted by molar-refractivity contribution is 0.345. The first-order chi connectivity index (χ1) is 13.2. The lowest BCUT2D eigenvalue weighted by Gasteiger charge is -2.28. The summed E-state index contributed by atoms with van der Waals surface area (Å²) in [6.07, 6.45) is 1.06. The van der Waals surface area contributed by atoms with Crippen LogP contribution < -0.4 is 4.74 Å². The van der Waals surface area contributed by atoms with E-state index in [0.717, 1.165) is 28.6 Å². The van der Waals surface area contributed by atoms with Crippen LogP contribution in [-0.4, -0.2) is 45.6 Å². The van der Waals surface area contributed by atoms with Crippen LogP contribution in [0.1, 0.15) is 5.69 Å². The first kappa shape index (κ1) is 19.0. The fourth-order valence-corrected chi connectivity index (χ4v) is 5.71. The fourth-order valence-electron chi connectivity index (χ4n) is 3.52. The van der Waals surface area contributed by atoms with Gasteiger partial charge in [0.25, 0.3) is 0 Å². The quantitative estimate of drug-likeness (QED) is 0.646. The SMILES string of the molecule is COc1ccc2c(c1)cc1n2CCN(S(=O)(=O)c2cccc(S(C)(=O)=O)c2)C1. The van der Waals surface area contributed by atoms with Crippen molar-refractivity contribution in [1.29, 1.82) is 0 Å². The summed E-state index contributed by atoms with van der Waals surface area (Å²) in [4.78, 5) is -0.0200. The number of hydrogen-bond donors (Lipinski definition) is 0. The highest BCUT2D eigenvalue weighted by atomic mass is 32.2. The van der Waals surface area contributed by atoms with E-state index in [9.17, 15) is 16.8 Å². The molecule has 0 fully saturated rings. The van der Waals surface area contributed by atoms with E-state index in [0.29, 0.717) is 13.1 Å². The lowest BCUT2D eigenvalue weighted by atomic mass is 10.2. The van der Waals surface area contributed by atoms with Gasteiger partial charge < -0.3 is 9.30 Å². The van der Waals surface area contributed by atoms with Crippen LogP contribution in [0.25, 0.3) is 10.9 Å². The third kappa shape index (κ3) is 3.19.